The summed E-state index contributed by atoms with van der Waals surface area (Å²) in [5.74, 6) is -0.208. The smallest absolute Gasteiger partial charge is 0.274 e. The number of nitrogens with zero attached hydrogens (tertiary/aromatic N) is 3. The predicted molar refractivity (Wildman–Crippen MR) is 110 cm³/mol. The third-order valence-electron chi connectivity index (χ3n) is 4.58. The number of unbranched alkanes of at least 4 members (excludes halogenated alkanes) is 1. The lowest BCUT2D eigenvalue weighted by molar-refractivity contribution is -0.121. The van der Waals surface area contributed by atoms with Crippen LogP contribution in [0.2, 0.25) is 0 Å². The molecule has 0 aliphatic heterocycles. The van der Waals surface area contributed by atoms with Crippen molar-refractivity contribution in [1.82, 2.24) is 20.2 Å². The van der Waals surface area contributed by atoms with Crippen LogP contribution in [0, 0.1) is 0 Å². The van der Waals surface area contributed by atoms with Crippen LogP contribution in [0.25, 0.3) is 0 Å². The molecule has 1 N–H and O–H groups in total. The van der Waals surface area contributed by atoms with E-state index in [-0.39, 0.29) is 24.3 Å². The average molecular weight is 383 g/mol. The Kier molecular flexibility index (Phi) is 9.11. The summed E-state index contributed by atoms with van der Waals surface area (Å²) in [5.41, 5.74) is 1.58. The molecule has 0 aliphatic carbocycles. The van der Waals surface area contributed by atoms with Crippen molar-refractivity contribution >= 4 is 11.8 Å². The molecule has 1 unspecified atom stereocenters. The molecule has 2 aromatic rings. The highest BCUT2D eigenvalue weighted by Crippen LogP contribution is 2.06. The summed E-state index contributed by atoms with van der Waals surface area (Å²) >= 11 is 0. The second-order valence-electron chi connectivity index (χ2n) is 6.98. The quantitative estimate of drug-likeness (QED) is 0.647. The fraction of sp³-hybridized carbons (Fsp3) is 0.455. The van der Waals surface area contributed by atoms with Crippen LogP contribution in [-0.2, 0) is 11.2 Å². The molecule has 2 rings (SSSR count). The van der Waals surface area contributed by atoms with Gasteiger partial charge in [0.15, 0.2) is 0 Å². The monoisotopic (exact) mass is 382 g/mol. The number of aromatic nitrogens is 2. The van der Waals surface area contributed by atoms with E-state index in [0.29, 0.717) is 18.8 Å². The molecule has 2 amide bonds. The summed E-state index contributed by atoms with van der Waals surface area (Å²) < 4.78 is 0. The van der Waals surface area contributed by atoms with E-state index in [1.165, 1.54) is 24.2 Å². The van der Waals surface area contributed by atoms with Crippen LogP contribution >= 0.6 is 0 Å². The first-order chi connectivity index (χ1) is 13.6. The largest absolute Gasteiger partial charge is 0.354 e. The normalized spacial score (nSPS) is 11.6. The third-order valence-corrected chi connectivity index (χ3v) is 4.58. The molecule has 1 aromatic heterocycles. The first-order valence-electron chi connectivity index (χ1n) is 9.98. The zero-order valence-corrected chi connectivity index (χ0v) is 16.8. The van der Waals surface area contributed by atoms with E-state index >= 15 is 0 Å². The Morgan fingerprint density at radius 3 is 2.61 bits per heavy atom. The Bertz CT molecular complexity index is 722. The van der Waals surface area contributed by atoms with Gasteiger partial charge in [-0.2, -0.15) is 0 Å². The fourth-order valence-corrected chi connectivity index (χ4v) is 2.92. The van der Waals surface area contributed by atoms with Crippen LogP contribution in [-0.4, -0.2) is 45.8 Å². The summed E-state index contributed by atoms with van der Waals surface area (Å²) in [5, 5.41) is 3.04. The van der Waals surface area contributed by atoms with Crippen LogP contribution in [0.3, 0.4) is 0 Å². The molecule has 0 bridgehead atoms. The van der Waals surface area contributed by atoms with Crippen LogP contribution in [0.1, 0.15) is 55.6 Å². The highest BCUT2D eigenvalue weighted by Gasteiger charge is 2.18. The number of hydrogen-bond donors (Lipinski definition) is 1. The van der Waals surface area contributed by atoms with Crippen LogP contribution in [0.5, 0.6) is 0 Å². The topological polar surface area (TPSA) is 75.2 Å². The summed E-state index contributed by atoms with van der Waals surface area (Å²) in [6.07, 6.45) is 8.47. The molecule has 0 fully saturated rings. The van der Waals surface area contributed by atoms with Gasteiger partial charge in [-0.25, -0.2) is 4.98 Å². The molecule has 0 saturated carbocycles. The van der Waals surface area contributed by atoms with Crippen molar-refractivity contribution in [2.45, 2.75) is 52.0 Å². The Morgan fingerprint density at radius 2 is 1.93 bits per heavy atom. The molecule has 1 aromatic carbocycles. The molecule has 6 nitrogen and oxygen atoms in total. The van der Waals surface area contributed by atoms with Gasteiger partial charge in [0.25, 0.3) is 5.91 Å². The molecule has 1 atom stereocenters. The van der Waals surface area contributed by atoms with E-state index in [1.807, 2.05) is 25.1 Å². The predicted octanol–water partition coefficient (Wildman–Crippen LogP) is 3.25. The van der Waals surface area contributed by atoms with Crippen LogP contribution < -0.4 is 5.32 Å². The molecule has 150 valence electrons. The number of aryl methyl sites for hydroxylation is 1. The van der Waals surface area contributed by atoms with Crippen molar-refractivity contribution in [3.8, 4) is 0 Å². The van der Waals surface area contributed by atoms with Crippen molar-refractivity contribution in [3.05, 3.63) is 60.2 Å². The number of nitrogens with one attached hydrogen (secondary N) is 1. The van der Waals surface area contributed by atoms with Gasteiger partial charge in [0.2, 0.25) is 5.91 Å². The first kappa shape index (κ1) is 21.5. The van der Waals surface area contributed by atoms with Crippen molar-refractivity contribution < 1.29 is 9.59 Å². The van der Waals surface area contributed by atoms with Crippen LogP contribution in [0.15, 0.2) is 48.9 Å². The Hall–Kier alpha value is -2.76. The minimum absolute atomic E-state index is 0.0333. The summed E-state index contributed by atoms with van der Waals surface area (Å²) in [7, 11) is 0. The molecule has 0 saturated heterocycles. The lowest BCUT2D eigenvalue weighted by Gasteiger charge is -2.22. The van der Waals surface area contributed by atoms with Gasteiger partial charge in [0.05, 0.1) is 6.20 Å². The Balaban J connectivity index is 1.80. The van der Waals surface area contributed by atoms with Gasteiger partial charge in [-0.1, -0.05) is 43.7 Å². The molecule has 0 aliphatic rings. The molecule has 6 heteroatoms. The van der Waals surface area contributed by atoms with E-state index < -0.39 is 0 Å². The first-order valence-corrected chi connectivity index (χ1v) is 9.98. The van der Waals surface area contributed by atoms with E-state index in [1.54, 1.807) is 4.90 Å². The van der Waals surface area contributed by atoms with Crippen LogP contribution in [0.4, 0.5) is 0 Å². The molecule has 28 heavy (non-hydrogen) atoms. The number of carbonyl (C=O) groups is 2. The van der Waals surface area contributed by atoms with E-state index in [2.05, 4.69) is 34.3 Å². The second-order valence-corrected chi connectivity index (χ2v) is 6.98. The van der Waals surface area contributed by atoms with Gasteiger partial charge in [-0.3, -0.25) is 14.6 Å². The number of hydrogen-bond acceptors (Lipinski definition) is 4. The van der Waals surface area contributed by atoms with Crippen molar-refractivity contribution in [2.75, 3.05) is 13.1 Å². The zero-order chi connectivity index (χ0) is 20.2. The van der Waals surface area contributed by atoms with E-state index in [4.69, 9.17) is 0 Å². The summed E-state index contributed by atoms with van der Waals surface area (Å²) in [4.78, 5) is 34.7. The van der Waals surface area contributed by atoms with Gasteiger partial charge in [0, 0.05) is 37.9 Å². The number of benzene rings is 1. The number of rotatable bonds is 11. The van der Waals surface area contributed by atoms with Gasteiger partial charge >= 0.3 is 0 Å². The lowest BCUT2D eigenvalue weighted by Crippen LogP contribution is -2.38. The van der Waals surface area contributed by atoms with E-state index in [0.717, 1.165) is 25.7 Å². The van der Waals surface area contributed by atoms with Gasteiger partial charge in [0.1, 0.15) is 5.69 Å². The Morgan fingerprint density at radius 1 is 1.14 bits per heavy atom. The molecule has 0 radical (unpaired) electrons. The van der Waals surface area contributed by atoms with Crippen molar-refractivity contribution in [2.24, 2.45) is 0 Å². The van der Waals surface area contributed by atoms with Gasteiger partial charge < -0.3 is 10.2 Å². The molecular weight excluding hydrogens is 352 g/mol. The third kappa shape index (κ3) is 7.47. The lowest BCUT2D eigenvalue weighted by atomic mass is 10.1. The maximum atomic E-state index is 12.6. The van der Waals surface area contributed by atoms with E-state index in [9.17, 15) is 9.59 Å². The molecule has 1 heterocycles. The molecular formula is C22H30N4O2. The fourth-order valence-electron chi connectivity index (χ4n) is 2.92. The standard InChI is InChI=1S/C22H30N4O2/c1-3-4-15-26(22(28)20-17-23-13-14-24-20)16-12-21(27)25-18(2)10-11-19-8-6-5-7-9-19/h5-9,13-14,17-18H,3-4,10-12,15-16H2,1-2H3,(H,25,27). The minimum atomic E-state index is -0.175. The average Bonchev–Trinajstić information content (AvgIpc) is 2.73. The maximum Gasteiger partial charge on any atom is 0.274 e. The Labute approximate surface area is 167 Å². The van der Waals surface area contributed by atoms with Crippen molar-refractivity contribution in [3.63, 3.8) is 0 Å². The molecule has 0 spiro atoms. The minimum Gasteiger partial charge on any atom is -0.354 e. The highest BCUT2D eigenvalue weighted by atomic mass is 16.2. The summed E-state index contributed by atoms with van der Waals surface area (Å²) in [6, 6.07) is 10.3. The maximum absolute atomic E-state index is 12.6. The summed E-state index contributed by atoms with van der Waals surface area (Å²) in [6.45, 7) is 5.09. The van der Waals surface area contributed by atoms with Crippen molar-refractivity contribution in [1.29, 1.82) is 0 Å². The van der Waals surface area contributed by atoms with Gasteiger partial charge in [-0.15, -0.1) is 0 Å². The number of amides is 2. The highest BCUT2D eigenvalue weighted by molar-refractivity contribution is 5.92. The SMILES string of the molecule is CCCCN(CCC(=O)NC(C)CCc1ccccc1)C(=O)c1cnccn1. The van der Waals surface area contributed by atoms with Gasteiger partial charge in [-0.05, 0) is 31.7 Å². The zero-order valence-electron chi connectivity index (χ0n) is 16.8. The second kappa shape index (κ2) is 11.8. The number of carbonyl (C=O) groups excluding carboxylic acids is 2.